The van der Waals surface area contributed by atoms with Gasteiger partial charge in [0, 0.05) is 17.9 Å². The van der Waals surface area contributed by atoms with Crippen LogP contribution in [0.3, 0.4) is 0 Å². The van der Waals surface area contributed by atoms with Crippen LogP contribution in [0.2, 0.25) is 0 Å². The van der Waals surface area contributed by atoms with E-state index in [9.17, 15) is 4.79 Å². The lowest BCUT2D eigenvalue weighted by Gasteiger charge is -2.19. The third kappa shape index (κ3) is 2.50. The molecular formula is C15H20O3. The molecule has 98 valence electrons. The number of Topliss-reactive ketones (excluding diaryl/α,β-unsaturated/α-hetero) is 1. The second-order valence-corrected chi connectivity index (χ2v) is 4.69. The van der Waals surface area contributed by atoms with Gasteiger partial charge in [-0.15, -0.1) is 0 Å². The van der Waals surface area contributed by atoms with E-state index in [1.54, 1.807) is 14.2 Å². The average molecular weight is 248 g/mol. The van der Waals surface area contributed by atoms with Gasteiger partial charge < -0.3 is 9.47 Å². The molecule has 0 radical (unpaired) electrons. The average Bonchev–Trinajstić information content (AvgIpc) is 2.62. The standard InChI is InChI=1S/C15H20O3/c1-17-13-9-6-10-14(18-2)15(13)11-7-4-3-5-8-12(11)16/h6,9-11H,3-5,7-8H2,1-2H3. The minimum Gasteiger partial charge on any atom is -0.496 e. The number of hydrogen-bond acceptors (Lipinski definition) is 3. The van der Waals surface area contributed by atoms with E-state index in [1.165, 1.54) is 0 Å². The predicted molar refractivity (Wildman–Crippen MR) is 70.4 cm³/mol. The highest BCUT2D eigenvalue weighted by Crippen LogP contribution is 2.40. The van der Waals surface area contributed by atoms with Crippen molar-refractivity contribution >= 4 is 5.78 Å². The van der Waals surface area contributed by atoms with Crippen molar-refractivity contribution in [2.24, 2.45) is 0 Å². The summed E-state index contributed by atoms with van der Waals surface area (Å²) in [6.07, 6.45) is 4.81. The lowest BCUT2D eigenvalue weighted by Crippen LogP contribution is -2.13. The zero-order valence-corrected chi connectivity index (χ0v) is 11.1. The van der Waals surface area contributed by atoms with Gasteiger partial charge in [-0.25, -0.2) is 0 Å². The molecule has 2 rings (SSSR count). The number of benzene rings is 1. The molecule has 0 spiro atoms. The van der Waals surface area contributed by atoms with Gasteiger partial charge in [0.15, 0.2) is 0 Å². The molecule has 0 N–H and O–H groups in total. The van der Waals surface area contributed by atoms with Crippen LogP contribution in [0.15, 0.2) is 18.2 Å². The molecule has 1 fully saturated rings. The zero-order chi connectivity index (χ0) is 13.0. The third-order valence-electron chi connectivity index (χ3n) is 3.62. The van der Waals surface area contributed by atoms with Crippen molar-refractivity contribution in [2.45, 2.75) is 38.0 Å². The van der Waals surface area contributed by atoms with Gasteiger partial charge in [0.1, 0.15) is 17.3 Å². The van der Waals surface area contributed by atoms with Gasteiger partial charge in [0.25, 0.3) is 0 Å². The van der Waals surface area contributed by atoms with Crippen LogP contribution in [0.25, 0.3) is 0 Å². The van der Waals surface area contributed by atoms with E-state index in [1.807, 2.05) is 18.2 Å². The Bertz CT molecular complexity index is 403. The summed E-state index contributed by atoms with van der Waals surface area (Å²) < 4.78 is 10.8. The van der Waals surface area contributed by atoms with E-state index in [2.05, 4.69) is 0 Å². The van der Waals surface area contributed by atoms with Crippen LogP contribution in [-0.4, -0.2) is 20.0 Å². The minimum atomic E-state index is -0.0707. The molecular weight excluding hydrogens is 228 g/mol. The monoisotopic (exact) mass is 248 g/mol. The summed E-state index contributed by atoms with van der Waals surface area (Å²) in [5, 5.41) is 0. The molecule has 1 saturated carbocycles. The van der Waals surface area contributed by atoms with Gasteiger partial charge in [-0.2, -0.15) is 0 Å². The van der Waals surface area contributed by atoms with E-state index >= 15 is 0 Å². The van der Waals surface area contributed by atoms with Crippen molar-refractivity contribution in [2.75, 3.05) is 14.2 Å². The number of ether oxygens (including phenoxy) is 2. The second kappa shape index (κ2) is 5.89. The van der Waals surface area contributed by atoms with E-state index in [-0.39, 0.29) is 5.92 Å². The van der Waals surface area contributed by atoms with Crippen LogP contribution in [0.1, 0.15) is 43.6 Å². The Morgan fingerprint density at radius 1 is 1.06 bits per heavy atom. The maximum absolute atomic E-state index is 12.2. The number of carbonyl (C=O) groups excluding carboxylic acids is 1. The first-order chi connectivity index (χ1) is 8.77. The number of rotatable bonds is 3. The Morgan fingerprint density at radius 2 is 1.72 bits per heavy atom. The summed E-state index contributed by atoms with van der Waals surface area (Å²) in [7, 11) is 3.28. The zero-order valence-electron chi connectivity index (χ0n) is 11.1. The molecule has 3 heteroatoms. The quantitative estimate of drug-likeness (QED) is 0.770. The van der Waals surface area contributed by atoms with Crippen molar-refractivity contribution < 1.29 is 14.3 Å². The minimum absolute atomic E-state index is 0.0707. The molecule has 0 heterocycles. The molecule has 0 saturated heterocycles. The SMILES string of the molecule is COc1cccc(OC)c1C1CCCCCC1=O. The normalized spacial score (nSPS) is 20.3. The fraction of sp³-hybridized carbons (Fsp3) is 0.533. The highest BCUT2D eigenvalue weighted by atomic mass is 16.5. The Morgan fingerprint density at radius 3 is 2.33 bits per heavy atom. The van der Waals surface area contributed by atoms with Gasteiger partial charge >= 0.3 is 0 Å². The first-order valence-electron chi connectivity index (χ1n) is 6.51. The summed E-state index contributed by atoms with van der Waals surface area (Å²) >= 11 is 0. The summed E-state index contributed by atoms with van der Waals surface area (Å²) in [4.78, 5) is 12.2. The Hall–Kier alpha value is -1.51. The lowest BCUT2D eigenvalue weighted by atomic mass is 9.89. The molecule has 3 nitrogen and oxygen atoms in total. The Balaban J connectivity index is 2.43. The molecule has 1 aliphatic carbocycles. The topological polar surface area (TPSA) is 35.5 Å². The molecule has 0 aliphatic heterocycles. The Kier molecular flexibility index (Phi) is 4.24. The maximum atomic E-state index is 12.2. The smallest absolute Gasteiger partial charge is 0.140 e. The van der Waals surface area contributed by atoms with Crippen LogP contribution < -0.4 is 9.47 Å². The summed E-state index contributed by atoms with van der Waals surface area (Å²) in [6, 6.07) is 5.69. The summed E-state index contributed by atoms with van der Waals surface area (Å²) in [5.41, 5.74) is 0.925. The number of hydrogen-bond donors (Lipinski definition) is 0. The molecule has 0 amide bonds. The predicted octanol–water partition coefficient (Wildman–Crippen LogP) is 3.32. The lowest BCUT2D eigenvalue weighted by molar-refractivity contribution is -0.120. The molecule has 0 bridgehead atoms. The maximum Gasteiger partial charge on any atom is 0.140 e. The van der Waals surface area contributed by atoms with Gasteiger partial charge in [0.2, 0.25) is 0 Å². The molecule has 1 atom stereocenters. The summed E-state index contributed by atoms with van der Waals surface area (Å²) in [5.74, 6) is 1.76. The van der Waals surface area contributed by atoms with Crippen molar-refractivity contribution in [1.29, 1.82) is 0 Å². The van der Waals surface area contributed by atoms with Crippen LogP contribution >= 0.6 is 0 Å². The van der Waals surface area contributed by atoms with Crippen molar-refractivity contribution in [3.63, 3.8) is 0 Å². The van der Waals surface area contributed by atoms with Crippen LogP contribution in [0.4, 0.5) is 0 Å². The largest absolute Gasteiger partial charge is 0.496 e. The first kappa shape index (κ1) is 12.9. The molecule has 0 aromatic heterocycles. The van der Waals surface area contributed by atoms with Crippen molar-refractivity contribution in [3.8, 4) is 11.5 Å². The van der Waals surface area contributed by atoms with Gasteiger partial charge in [-0.05, 0) is 25.0 Å². The molecule has 18 heavy (non-hydrogen) atoms. The van der Waals surface area contributed by atoms with E-state index in [0.717, 1.165) is 42.7 Å². The molecule has 1 unspecified atom stereocenters. The number of methoxy groups -OCH3 is 2. The number of carbonyl (C=O) groups is 1. The number of ketones is 1. The molecule has 1 aromatic carbocycles. The van der Waals surface area contributed by atoms with E-state index in [0.29, 0.717) is 12.2 Å². The van der Waals surface area contributed by atoms with Gasteiger partial charge in [-0.1, -0.05) is 18.9 Å². The van der Waals surface area contributed by atoms with E-state index in [4.69, 9.17) is 9.47 Å². The van der Waals surface area contributed by atoms with Gasteiger partial charge in [0.05, 0.1) is 14.2 Å². The second-order valence-electron chi connectivity index (χ2n) is 4.69. The third-order valence-corrected chi connectivity index (χ3v) is 3.62. The van der Waals surface area contributed by atoms with Crippen molar-refractivity contribution in [3.05, 3.63) is 23.8 Å². The first-order valence-corrected chi connectivity index (χ1v) is 6.51. The fourth-order valence-corrected chi connectivity index (χ4v) is 2.69. The fourth-order valence-electron chi connectivity index (χ4n) is 2.69. The van der Waals surface area contributed by atoms with Crippen molar-refractivity contribution in [1.82, 2.24) is 0 Å². The highest BCUT2D eigenvalue weighted by molar-refractivity contribution is 5.87. The van der Waals surface area contributed by atoms with Crippen LogP contribution in [0, 0.1) is 0 Å². The molecule has 1 aliphatic rings. The van der Waals surface area contributed by atoms with E-state index < -0.39 is 0 Å². The highest BCUT2D eigenvalue weighted by Gasteiger charge is 2.28. The van der Waals surface area contributed by atoms with Crippen LogP contribution in [0.5, 0.6) is 11.5 Å². The van der Waals surface area contributed by atoms with Crippen LogP contribution in [-0.2, 0) is 4.79 Å². The van der Waals surface area contributed by atoms with Gasteiger partial charge in [-0.3, -0.25) is 4.79 Å². The molecule has 1 aromatic rings. The Labute approximate surface area is 108 Å². The summed E-state index contributed by atoms with van der Waals surface area (Å²) in [6.45, 7) is 0.